The first-order chi connectivity index (χ1) is 9.49. The van der Waals surface area contributed by atoms with E-state index < -0.39 is 5.97 Å². The molecular weight excluding hydrogens is 272 g/mol. The van der Waals surface area contributed by atoms with Crippen molar-refractivity contribution in [2.45, 2.75) is 19.9 Å². The summed E-state index contributed by atoms with van der Waals surface area (Å²) in [5.74, 6) is -0.575. The summed E-state index contributed by atoms with van der Waals surface area (Å²) in [6.45, 7) is 4.28. The van der Waals surface area contributed by atoms with Crippen LogP contribution in [-0.2, 0) is 0 Å². The van der Waals surface area contributed by atoms with Crippen molar-refractivity contribution in [2.75, 3.05) is 11.1 Å². The van der Waals surface area contributed by atoms with Crippen LogP contribution in [0.4, 0.5) is 11.4 Å². The number of nitrogens with one attached hydrogen (secondary N) is 1. The molecule has 0 saturated heterocycles. The quantitative estimate of drug-likeness (QED) is 0.731. The maximum atomic E-state index is 10.9. The molecular formula is C15H18N2O2S. The molecule has 0 spiro atoms. The summed E-state index contributed by atoms with van der Waals surface area (Å²) in [7, 11) is 0. The molecule has 0 fully saturated rings. The molecule has 1 atom stereocenters. The first-order valence-corrected chi connectivity index (χ1v) is 7.29. The molecule has 0 radical (unpaired) electrons. The van der Waals surface area contributed by atoms with Gasteiger partial charge in [-0.25, -0.2) is 4.79 Å². The molecule has 1 aromatic heterocycles. The number of carboxylic acid groups (broad SMARTS) is 1. The minimum absolute atomic E-state index is 0.160. The first kappa shape index (κ1) is 14.4. The van der Waals surface area contributed by atoms with Gasteiger partial charge in [0, 0.05) is 4.88 Å². The van der Waals surface area contributed by atoms with E-state index in [-0.39, 0.29) is 11.6 Å². The molecule has 0 saturated carbocycles. The predicted molar refractivity (Wildman–Crippen MR) is 83.3 cm³/mol. The minimum Gasteiger partial charge on any atom is -0.478 e. The smallest absolute Gasteiger partial charge is 0.335 e. The number of rotatable bonds is 5. The lowest BCUT2D eigenvalue weighted by Gasteiger charge is -2.23. The maximum Gasteiger partial charge on any atom is 0.335 e. The Labute approximate surface area is 122 Å². The highest BCUT2D eigenvalue weighted by Crippen LogP contribution is 2.32. The molecule has 1 aromatic carbocycles. The second kappa shape index (κ2) is 5.96. The Kier molecular flexibility index (Phi) is 4.29. The van der Waals surface area contributed by atoms with E-state index in [1.807, 2.05) is 11.4 Å². The molecule has 106 valence electrons. The van der Waals surface area contributed by atoms with Gasteiger partial charge in [-0.15, -0.1) is 11.3 Å². The van der Waals surface area contributed by atoms with Crippen LogP contribution in [0, 0.1) is 5.92 Å². The second-order valence-electron chi connectivity index (χ2n) is 4.99. The highest BCUT2D eigenvalue weighted by Gasteiger charge is 2.18. The Morgan fingerprint density at radius 2 is 2.10 bits per heavy atom. The van der Waals surface area contributed by atoms with Gasteiger partial charge in [0.1, 0.15) is 0 Å². The highest BCUT2D eigenvalue weighted by molar-refractivity contribution is 7.10. The van der Waals surface area contributed by atoms with Crippen LogP contribution in [0.2, 0.25) is 0 Å². The Balaban J connectivity index is 2.25. The maximum absolute atomic E-state index is 10.9. The Morgan fingerprint density at radius 1 is 1.35 bits per heavy atom. The van der Waals surface area contributed by atoms with E-state index in [0.29, 0.717) is 11.6 Å². The fourth-order valence-corrected chi connectivity index (χ4v) is 2.98. The van der Waals surface area contributed by atoms with Crippen molar-refractivity contribution in [1.82, 2.24) is 0 Å². The monoisotopic (exact) mass is 290 g/mol. The number of aromatic carboxylic acids is 1. The minimum atomic E-state index is -0.970. The number of carboxylic acids is 1. The molecule has 0 amide bonds. The van der Waals surface area contributed by atoms with Crippen molar-refractivity contribution in [3.05, 3.63) is 46.2 Å². The van der Waals surface area contributed by atoms with Gasteiger partial charge in [-0.3, -0.25) is 0 Å². The molecule has 0 aliphatic rings. The topological polar surface area (TPSA) is 75.3 Å². The fraction of sp³-hybridized carbons (Fsp3) is 0.267. The zero-order chi connectivity index (χ0) is 14.7. The molecule has 2 rings (SSSR count). The number of benzene rings is 1. The third kappa shape index (κ3) is 3.11. The average molecular weight is 290 g/mol. The van der Waals surface area contributed by atoms with Gasteiger partial charge in [-0.05, 0) is 35.6 Å². The van der Waals surface area contributed by atoms with Gasteiger partial charge < -0.3 is 16.2 Å². The average Bonchev–Trinajstić information content (AvgIpc) is 2.90. The van der Waals surface area contributed by atoms with Crippen molar-refractivity contribution in [1.29, 1.82) is 0 Å². The summed E-state index contributed by atoms with van der Waals surface area (Å²) in [4.78, 5) is 12.1. The lowest BCUT2D eigenvalue weighted by atomic mass is 10.0. The van der Waals surface area contributed by atoms with Gasteiger partial charge in [0.05, 0.1) is 23.0 Å². The number of hydrogen-bond acceptors (Lipinski definition) is 4. The van der Waals surface area contributed by atoms with E-state index in [1.165, 1.54) is 10.9 Å². The highest BCUT2D eigenvalue weighted by atomic mass is 32.1. The zero-order valence-corrected chi connectivity index (χ0v) is 12.3. The van der Waals surface area contributed by atoms with Crippen LogP contribution >= 0.6 is 11.3 Å². The summed E-state index contributed by atoms with van der Waals surface area (Å²) in [5.41, 5.74) is 7.35. The number of nitrogen functional groups attached to an aromatic ring is 1. The summed E-state index contributed by atoms with van der Waals surface area (Å²) in [5, 5.41) is 14.4. The number of carbonyl (C=O) groups is 1. The Morgan fingerprint density at radius 3 is 2.60 bits per heavy atom. The van der Waals surface area contributed by atoms with Crippen LogP contribution in [0.25, 0.3) is 0 Å². The molecule has 5 heteroatoms. The van der Waals surface area contributed by atoms with Crippen LogP contribution in [0.15, 0.2) is 35.7 Å². The third-order valence-corrected chi connectivity index (χ3v) is 4.08. The predicted octanol–water partition coefficient (Wildman–Crippen LogP) is 3.84. The summed E-state index contributed by atoms with van der Waals surface area (Å²) in [6.07, 6.45) is 0. The molecule has 2 aromatic rings. The van der Waals surface area contributed by atoms with Crippen molar-refractivity contribution >= 4 is 28.7 Å². The van der Waals surface area contributed by atoms with Crippen molar-refractivity contribution in [3.63, 3.8) is 0 Å². The van der Waals surface area contributed by atoms with Gasteiger partial charge >= 0.3 is 5.97 Å². The van der Waals surface area contributed by atoms with E-state index in [1.54, 1.807) is 23.5 Å². The summed E-state index contributed by atoms with van der Waals surface area (Å²) >= 11 is 1.70. The van der Waals surface area contributed by atoms with Crippen LogP contribution in [-0.4, -0.2) is 11.1 Å². The van der Waals surface area contributed by atoms with Gasteiger partial charge in [-0.2, -0.15) is 0 Å². The van der Waals surface area contributed by atoms with Gasteiger partial charge in [0.15, 0.2) is 0 Å². The molecule has 20 heavy (non-hydrogen) atoms. The largest absolute Gasteiger partial charge is 0.478 e. The summed E-state index contributed by atoms with van der Waals surface area (Å²) in [6, 6.07) is 9.04. The van der Waals surface area contributed by atoms with Gasteiger partial charge in [0.25, 0.3) is 0 Å². The van der Waals surface area contributed by atoms with Gasteiger partial charge in [-0.1, -0.05) is 19.9 Å². The van der Waals surface area contributed by atoms with Crippen LogP contribution in [0.3, 0.4) is 0 Å². The Hall–Kier alpha value is -2.01. The van der Waals surface area contributed by atoms with Crippen molar-refractivity contribution < 1.29 is 9.90 Å². The van der Waals surface area contributed by atoms with E-state index in [4.69, 9.17) is 10.8 Å². The van der Waals surface area contributed by atoms with Crippen LogP contribution in [0.1, 0.15) is 35.1 Å². The summed E-state index contributed by atoms with van der Waals surface area (Å²) < 4.78 is 0. The van der Waals surface area contributed by atoms with Crippen molar-refractivity contribution in [2.24, 2.45) is 5.92 Å². The molecule has 1 heterocycles. The van der Waals surface area contributed by atoms with E-state index in [0.717, 1.165) is 5.69 Å². The number of nitrogens with two attached hydrogens (primary N) is 1. The molecule has 4 nitrogen and oxygen atoms in total. The molecule has 0 aliphatic carbocycles. The van der Waals surface area contributed by atoms with Crippen molar-refractivity contribution in [3.8, 4) is 0 Å². The second-order valence-corrected chi connectivity index (χ2v) is 5.97. The number of anilines is 2. The fourth-order valence-electron chi connectivity index (χ4n) is 2.03. The van der Waals surface area contributed by atoms with E-state index in [2.05, 4.69) is 25.2 Å². The normalized spacial score (nSPS) is 12.3. The molecule has 0 bridgehead atoms. The zero-order valence-electron chi connectivity index (χ0n) is 11.5. The third-order valence-electron chi connectivity index (χ3n) is 3.13. The molecule has 4 N–H and O–H groups in total. The van der Waals surface area contributed by atoms with Crippen LogP contribution < -0.4 is 11.1 Å². The van der Waals surface area contributed by atoms with Gasteiger partial charge in [0.2, 0.25) is 0 Å². The standard InChI is InChI=1S/C15H18N2O2S/c1-9(2)14(13-4-3-7-20-13)17-12-6-5-10(15(18)19)8-11(12)16/h3-9,14,17H,16H2,1-2H3,(H,18,19). The Bertz CT molecular complexity index is 594. The first-order valence-electron chi connectivity index (χ1n) is 6.41. The van der Waals surface area contributed by atoms with E-state index >= 15 is 0 Å². The molecule has 0 aliphatic heterocycles. The lowest BCUT2D eigenvalue weighted by Crippen LogP contribution is -2.16. The van der Waals surface area contributed by atoms with E-state index in [9.17, 15) is 4.79 Å². The molecule has 1 unspecified atom stereocenters. The number of hydrogen-bond donors (Lipinski definition) is 3. The SMILES string of the molecule is CC(C)C(Nc1ccc(C(=O)O)cc1N)c1cccs1. The van der Waals surface area contributed by atoms with Crippen LogP contribution in [0.5, 0.6) is 0 Å². The number of thiophene rings is 1. The lowest BCUT2D eigenvalue weighted by molar-refractivity contribution is 0.0697.